The lowest BCUT2D eigenvalue weighted by atomic mass is 9.96. The minimum atomic E-state index is -1.02. The van der Waals surface area contributed by atoms with Gasteiger partial charge >= 0.3 is 5.97 Å². The fourth-order valence-corrected chi connectivity index (χ4v) is 4.67. The van der Waals surface area contributed by atoms with Crippen molar-refractivity contribution in [3.63, 3.8) is 0 Å². The van der Waals surface area contributed by atoms with Crippen molar-refractivity contribution in [2.75, 3.05) is 0 Å². The van der Waals surface area contributed by atoms with Crippen LogP contribution in [0.4, 0.5) is 0 Å². The summed E-state index contributed by atoms with van der Waals surface area (Å²) < 4.78 is 2.77. The number of benzene rings is 3. The molecule has 1 N–H and O–H groups in total. The number of aryl methyl sites for hydroxylation is 1. The van der Waals surface area contributed by atoms with Crippen molar-refractivity contribution in [2.45, 2.75) is 32.2 Å². The molecule has 186 valence electrons. The second kappa shape index (κ2) is 10.5. The maximum atomic E-state index is 13.3. The van der Waals surface area contributed by atoms with Crippen molar-refractivity contribution >= 4 is 33.5 Å². The number of hydrogen-bond acceptors (Lipinski definition) is 4. The summed E-state index contributed by atoms with van der Waals surface area (Å²) in [6, 6.07) is 25.3. The van der Waals surface area contributed by atoms with Crippen LogP contribution < -0.4 is 0 Å². The zero-order chi connectivity index (χ0) is 25.9. The number of rotatable bonds is 7. The molecule has 3 aromatic carbocycles. The Morgan fingerprint density at radius 3 is 2.30 bits per heavy atom. The molecule has 0 aliphatic carbocycles. The molecule has 0 saturated heterocycles. The SMILES string of the molecule is Cc1ccc(-c2nn(-c3ccccc3)cc2[C@H]2CC(c3ccc(Br)cc3)=NN2C(=O)CCC(=O)O)cc1. The first-order valence-electron chi connectivity index (χ1n) is 12.0. The number of hydrogen-bond donors (Lipinski definition) is 1. The van der Waals surface area contributed by atoms with Crippen molar-refractivity contribution in [3.05, 3.63) is 106 Å². The number of carboxylic acid groups (broad SMARTS) is 1. The van der Waals surface area contributed by atoms with Crippen molar-refractivity contribution < 1.29 is 14.7 Å². The summed E-state index contributed by atoms with van der Waals surface area (Å²) in [5.41, 5.74) is 6.27. The van der Waals surface area contributed by atoms with Crippen molar-refractivity contribution in [2.24, 2.45) is 5.10 Å². The highest BCUT2D eigenvalue weighted by Crippen LogP contribution is 2.39. The fourth-order valence-electron chi connectivity index (χ4n) is 4.41. The normalized spacial score (nSPS) is 15.0. The minimum Gasteiger partial charge on any atom is -0.481 e. The Hall–Kier alpha value is -4.04. The van der Waals surface area contributed by atoms with Crippen molar-refractivity contribution in [1.82, 2.24) is 14.8 Å². The predicted molar refractivity (Wildman–Crippen MR) is 145 cm³/mol. The molecule has 1 aliphatic heterocycles. The molecule has 8 heteroatoms. The molecule has 4 aromatic rings. The van der Waals surface area contributed by atoms with Gasteiger partial charge in [-0.2, -0.15) is 10.2 Å². The molecule has 0 radical (unpaired) electrons. The molecule has 0 spiro atoms. The average Bonchev–Trinajstić information content (AvgIpc) is 3.54. The highest BCUT2D eigenvalue weighted by molar-refractivity contribution is 9.10. The lowest BCUT2D eigenvalue weighted by Gasteiger charge is -2.21. The summed E-state index contributed by atoms with van der Waals surface area (Å²) in [7, 11) is 0. The summed E-state index contributed by atoms with van der Waals surface area (Å²) in [6.07, 6.45) is 2.06. The van der Waals surface area contributed by atoms with Crippen LogP contribution in [0.15, 0.2) is 94.6 Å². The second-order valence-corrected chi connectivity index (χ2v) is 9.90. The Labute approximate surface area is 223 Å². The second-order valence-electron chi connectivity index (χ2n) is 8.98. The van der Waals surface area contributed by atoms with E-state index in [1.807, 2.05) is 96.7 Å². The van der Waals surface area contributed by atoms with Gasteiger partial charge in [-0.05, 0) is 36.8 Å². The van der Waals surface area contributed by atoms with Gasteiger partial charge in [0.05, 0.1) is 29.6 Å². The molecule has 5 rings (SSSR count). The van der Waals surface area contributed by atoms with Crippen LogP contribution in [0.5, 0.6) is 0 Å². The van der Waals surface area contributed by atoms with Crippen molar-refractivity contribution in [1.29, 1.82) is 0 Å². The molecule has 1 amide bonds. The summed E-state index contributed by atoms with van der Waals surface area (Å²) in [4.78, 5) is 24.4. The highest BCUT2D eigenvalue weighted by atomic mass is 79.9. The number of hydrazone groups is 1. The van der Waals surface area contributed by atoms with E-state index >= 15 is 0 Å². The topological polar surface area (TPSA) is 87.8 Å². The summed E-state index contributed by atoms with van der Waals surface area (Å²) in [5, 5.41) is 20.3. The monoisotopic (exact) mass is 556 g/mol. The summed E-state index contributed by atoms with van der Waals surface area (Å²) >= 11 is 3.47. The maximum absolute atomic E-state index is 13.3. The predicted octanol–water partition coefficient (Wildman–Crippen LogP) is 6.15. The molecule has 1 aliphatic rings. The molecule has 0 unspecified atom stereocenters. The van der Waals surface area contributed by atoms with Gasteiger partial charge in [-0.15, -0.1) is 0 Å². The molecule has 1 aromatic heterocycles. The Balaban J connectivity index is 1.60. The molecule has 7 nitrogen and oxygen atoms in total. The van der Waals surface area contributed by atoms with Crippen LogP contribution in [0.1, 0.15) is 42.0 Å². The van der Waals surface area contributed by atoms with Crippen molar-refractivity contribution in [3.8, 4) is 16.9 Å². The van der Waals surface area contributed by atoms with Crippen LogP contribution in [0.2, 0.25) is 0 Å². The Morgan fingerprint density at radius 2 is 1.62 bits per heavy atom. The van der Waals surface area contributed by atoms with E-state index in [9.17, 15) is 9.59 Å². The number of carbonyl (C=O) groups is 2. The fraction of sp³-hybridized carbons (Fsp3) is 0.172. The number of amides is 1. The third-order valence-corrected chi connectivity index (χ3v) is 6.87. The molecule has 0 bridgehead atoms. The van der Waals surface area contributed by atoms with Gasteiger partial charge < -0.3 is 5.11 Å². The number of carbonyl (C=O) groups excluding carboxylic acids is 1. The third-order valence-electron chi connectivity index (χ3n) is 6.34. The molecular weight excluding hydrogens is 532 g/mol. The van der Waals surface area contributed by atoms with Crippen LogP contribution in [0, 0.1) is 6.92 Å². The van der Waals surface area contributed by atoms with Gasteiger partial charge in [-0.25, -0.2) is 9.69 Å². The number of carboxylic acids is 1. The minimum absolute atomic E-state index is 0.129. The molecule has 0 fully saturated rings. The van der Waals surface area contributed by atoms with E-state index in [0.717, 1.165) is 43.8 Å². The quantitative estimate of drug-likeness (QED) is 0.295. The van der Waals surface area contributed by atoms with E-state index in [1.165, 1.54) is 5.01 Å². The first kappa shape index (κ1) is 24.6. The van der Waals surface area contributed by atoms with Gasteiger partial charge in [0.25, 0.3) is 0 Å². The lowest BCUT2D eigenvalue weighted by molar-refractivity contribution is -0.141. The maximum Gasteiger partial charge on any atom is 0.303 e. The number of halogens is 1. The molecule has 2 heterocycles. The zero-order valence-corrected chi connectivity index (χ0v) is 21.8. The first-order valence-corrected chi connectivity index (χ1v) is 12.8. The highest BCUT2D eigenvalue weighted by Gasteiger charge is 2.36. The Kier molecular flexibility index (Phi) is 7.01. The Morgan fingerprint density at radius 1 is 0.946 bits per heavy atom. The van der Waals surface area contributed by atoms with Crippen LogP contribution in [-0.2, 0) is 9.59 Å². The van der Waals surface area contributed by atoms with E-state index in [1.54, 1.807) is 0 Å². The first-order chi connectivity index (χ1) is 17.9. The van der Waals surface area contributed by atoms with E-state index in [4.69, 9.17) is 15.3 Å². The smallest absolute Gasteiger partial charge is 0.303 e. The van der Waals surface area contributed by atoms with E-state index in [2.05, 4.69) is 15.9 Å². The standard InChI is InChI=1S/C29H25BrN4O3/c1-19-7-9-21(10-8-19)29-24(18-33(32-29)23-5-3-2-4-6-23)26-17-25(20-11-13-22(30)14-12-20)31-34(26)27(35)15-16-28(36)37/h2-14,18,26H,15-17H2,1H3,(H,36,37)/t26-/m1/s1. The third kappa shape index (κ3) is 5.39. The van der Waals surface area contributed by atoms with Crippen LogP contribution in [-0.4, -0.2) is 37.5 Å². The molecular formula is C29H25BrN4O3. The average molecular weight is 557 g/mol. The largest absolute Gasteiger partial charge is 0.481 e. The van der Waals surface area contributed by atoms with Gasteiger partial charge in [0.2, 0.25) is 5.91 Å². The van der Waals surface area contributed by atoms with E-state index in [-0.39, 0.29) is 18.7 Å². The van der Waals surface area contributed by atoms with Crippen LogP contribution in [0.25, 0.3) is 16.9 Å². The lowest BCUT2D eigenvalue weighted by Crippen LogP contribution is -2.27. The molecule has 1 atom stereocenters. The number of aliphatic carboxylic acids is 1. The van der Waals surface area contributed by atoms with Crippen LogP contribution in [0.3, 0.4) is 0 Å². The molecule has 0 saturated carbocycles. The summed E-state index contributed by atoms with van der Waals surface area (Å²) in [5.74, 6) is -1.35. The number of aromatic nitrogens is 2. The van der Waals surface area contributed by atoms with Gasteiger partial charge in [-0.3, -0.25) is 9.59 Å². The van der Waals surface area contributed by atoms with Gasteiger partial charge in [0.15, 0.2) is 0 Å². The zero-order valence-electron chi connectivity index (χ0n) is 20.2. The summed E-state index contributed by atoms with van der Waals surface area (Å²) in [6.45, 7) is 2.03. The number of nitrogens with zero attached hydrogens (tertiary/aromatic N) is 4. The van der Waals surface area contributed by atoms with Crippen LogP contribution >= 0.6 is 15.9 Å². The number of para-hydroxylation sites is 1. The van der Waals surface area contributed by atoms with Gasteiger partial charge in [0, 0.05) is 34.6 Å². The van der Waals surface area contributed by atoms with E-state index < -0.39 is 12.0 Å². The Bertz CT molecular complexity index is 1460. The van der Waals surface area contributed by atoms with E-state index in [0.29, 0.717) is 6.42 Å². The van der Waals surface area contributed by atoms with Gasteiger partial charge in [0.1, 0.15) is 0 Å². The van der Waals surface area contributed by atoms with Gasteiger partial charge in [-0.1, -0.05) is 76.1 Å². The molecule has 37 heavy (non-hydrogen) atoms.